The number of imide groups is 1. The minimum Gasteiger partial charge on any atom is -0.271 e. The van der Waals surface area contributed by atoms with E-state index in [0.29, 0.717) is 11.1 Å². The minimum absolute atomic E-state index is 0.0458. The van der Waals surface area contributed by atoms with Crippen molar-refractivity contribution in [2.24, 2.45) is 0 Å². The Bertz CT molecular complexity index is 499. The summed E-state index contributed by atoms with van der Waals surface area (Å²) in [7, 11) is 0. The van der Waals surface area contributed by atoms with Gasteiger partial charge in [0.15, 0.2) is 0 Å². The van der Waals surface area contributed by atoms with E-state index in [-0.39, 0.29) is 17.9 Å². The molecule has 0 N–H and O–H groups in total. The first-order chi connectivity index (χ1) is 9.70. The second kappa shape index (κ2) is 6.51. The summed E-state index contributed by atoms with van der Waals surface area (Å²) in [5, 5.41) is 0. The summed E-state index contributed by atoms with van der Waals surface area (Å²) in [4.78, 5) is 26.2. The Balaban J connectivity index is 2.16. The van der Waals surface area contributed by atoms with Gasteiger partial charge in [-0.15, -0.1) is 0 Å². The zero-order valence-electron chi connectivity index (χ0n) is 12.1. The molecule has 0 unspecified atom stereocenters. The smallest absolute Gasteiger partial charge is 0.261 e. The molecular weight excluding hydrogens is 250 g/mol. The third kappa shape index (κ3) is 2.67. The lowest BCUT2D eigenvalue weighted by Gasteiger charge is -2.23. The van der Waals surface area contributed by atoms with Crippen LogP contribution in [0, 0.1) is 0 Å². The van der Waals surface area contributed by atoms with Crippen molar-refractivity contribution in [1.82, 2.24) is 4.90 Å². The second-order valence-electron chi connectivity index (χ2n) is 5.08. The monoisotopic (exact) mass is 271 g/mol. The van der Waals surface area contributed by atoms with Gasteiger partial charge in [0, 0.05) is 6.04 Å². The van der Waals surface area contributed by atoms with Crippen molar-refractivity contribution in [2.45, 2.75) is 45.6 Å². The highest BCUT2D eigenvalue weighted by Gasteiger charge is 2.38. The van der Waals surface area contributed by atoms with Crippen molar-refractivity contribution in [2.75, 3.05) is 0 Å². The summed E-state index contributed by atoms with van der Waals surface area (Å²) >= 11 is 0. The van der Waals surface area contributed by atoms with Crippen molar-refractivity contribution in [3.63, 3.8) is 0 Å². The van der Waals surface area contributed by atoms with Gasteiger partial charge < -0.3 is 0 Å². The summed E-state index contributed by atoms with van der Waals surface area (Å²) in [6, 6.07) is 7.02. The summed E-state index contributed by atoms with van der Waals surface area (Å²) in [5.41, 5.74) is 1.07. The first-order valence-electron chi connectivity index (χ1n) is 7.32. The molecule has 1 atom stereocenters. The number of unbranched alkanes of at least 4 members (excludes halogenated alkanes) is 1. The van der Waals surface area contributed by atoms with Crippen LogP contribution in [0.1, 0.15) is 60.2 Å². The SMILES string of the molecule is CCC/C=C\C[C@@H](CC)N1C(=O)c2ccccc2C1=O. The average Bonchev–Trinajstić information content (AvgIpc) is 2.73. The fourth-order valence-electron chi connectivity index (χ4n) is 2.53. The van der Waals surface area contributed by atoms with E-state index in [4.69, 9.17) is 0 Å². The number of nitrogens with zero attached hydrogens (tertiary/aromatic N) is 1. The van der Waals surface area contributed by atoms with E-state index in [2.05, 4.69) is 19.1 Å². The predicted molar refractivity (Wildman–Crippen MR) is 79.7 cm³/mol. The Labute approximate surface area is 120 Å². The lowest BCUT2D eigenvalue weighted by molar-refractivity contribution is 0.0581. The van der Waals surface area contributed by atoms with Crippen LogP contribution in [0.3, 0.4) is 0 Å². The number of carbonyl (C=O) groups excluding carboxylic acids is 2. The Morgan fingerprint density at radius 2 is 1.65 bits per heavy atom. The molecule has 1 aliphatic rings. The molecule has 3 heteroatoms. The van der Waals surface area contributed by atoms with Crippen LogP contribution in [0.15, 0.2) is 36.4 Å². The van der Waals surface area contributed by atoms with Crippen molar-refractivity contribution < 1.29 is 9.59 Å². The van der Waals surface area contributed by atoms with Crippen LogP contribution in [0.5, 0.6) is 0 Å². The highest BCUT2D eigenvalue weighted by molar-refractivity contribution is 6.21. The van der Waals surface area contributed by atoms with Gasteiger partial charge in [-0.05, 0) is 31.4 Å². The molecular formula is C17H21NO2. The van der Waals surface area contributed by atoms with Gasteiger partial charge in [0.2, 0.25) is 0 Å². The molecule has 1 aromatic rings. The Kier molecular flexibility index (Phi) is 4.72. The molecule has 1 aromatic carbocycles. The summed E-state index contributed by atoms with van der Waals surface area (Å²) < 4.78 is 0. The molecule has 3 nitrogen and oxygen atoms in total. The predicted octanol–water partition coefficient (Wildman–Crippen LogP) is 3.81. The van der Waals surface area contributed by atoms with Gasteiger partial charge in [0.25, 0.3) is 11.8 Å². The number of rotatable bonds is 6. The zero-order valence-corrected chi connectivity index (χ0v) is 12.1. The zero-order chi connectivity index (χ0) is 14.5. The van der Waals surface area contributed by atoms with Gasteiger partial charge in [-0.25, -0.2) is 0 Å². The van der Waals surface area contributed by atoms with E-state index in [9.17, 15) is 9.59 Å². The molecule has 1 heterocycles. The number of benzene rings is 1. The van der Waals surface area contributed by atoms with Gasteiger partial charge in [0.1, 0.15) is 0 Å². The third-order valence-corrected chi connectivity index (χ3v) is 3.69. The van der Waals surface area contributed by atoms with E-state index >= 15 is 0 Å². The van der Waals surface area contributed by atoms with E-state index in [0.717, 1.165) is 25.7 Å². The number of hydrogen-bond donors (Lipinski definition) is 0. The fourth-order valence-corrected chi connectivity index (χ4v) is 2.53. The van der Waals surface area contributed by atoms with Crippen molar-refractivity contribution in [1.29, 1.82) is 0 Å². The van der Waals surface area contributed by atoms with Crippen LogP contribution < -0.4 is 0 Å². The molecule has 106 valence electrons. The van der Waals surface area contributed by atoms with E-state index < -0.39 is 0 Å². The first kappa shape index (κ1) is 14.5. The maximum absolute atomic E-state index is 12.4. The molecule has 0 bridgehead atoms. The van der Waals surface area contributed by atoms with Gasteiger partial charge in [0.05, 0.1) is 11.1 Å². The van der Waals surface area contributed by atoms with Crippen LogP contribution in [-0.4, -0.2) is 22.8 Å². The van der Waals surface area contributed by atoms with Gasteiger partial charge >= 0.3 is 0 Å². The maximum atomic E-state index is 12.4. The van der Waals surface area contributed by atoms with E-state index in [1.54, 1.807) is 24.3 Å². The molecule has 1 aliphatic heterocycles. The summed E-state index contributed by atoms with van der Waals surface area (Å²) in [6.45, 7) is 4.15. The van der Waals surface area contributed by atoms with Crippen molar-refractivity contribution >= 4 is 11.8 Å². The van der Waals surface area contributed by atoms with Gasteiger partial charge in [-0.1, -0.05) is 44.6 Å². The van der Waals surface area contributed by atoms with Crippen molar-refractivity contribution in [3.05, 3.63) is 47.5 Å². The molecule has 0 fully saturated rings. The van der Waals surface area contributed by atoms with Gasteiger partial charge in [-0.2, -0.15) is 0 Å². The quantitative estimate of drug-likeness (QED) is 0.583. The molecule has 0 saturated carbocycles. The van der Waals surface area contributed by atoms with Gasteiger partial charge in [-0.3, -0.25) is 14.5 Å². The lowest BCUT2D eigenvalue weighted by Crippen LogP contribution is -2.39. The Morgan fingerprint density at radius 3 is 2.15 bits per heavy atom. The lowest BCUT2D eigenvalue weighted by atomic mass is 10.1. The normalized spacial score (nSPS) is 16.0. The molecule has 0 aliphatic carbocycles. The number of amides is 2. The van der Waals surface area contributed by atoms with Crippen LogP contribution in [0.25, 0.3) is 0 Å². The van der Waals surface area contributed by atoms with Crippen molar-refractivity contribution in [3.8, 4) is 0 Å². The van der Waals surface area contributed by atoms with Crippen LogP contribution in [0.2, 0.25) is 0 Å². The van der Waals surface area contributed by atoms with Crippen LogP contribution in [-0.2, 0) is 0 Å². The molecule has 2 rings (SSSR count). The highest BCUT2D eigenvalue weighted by atomic mass is 16.2. The fraction of sp³-hybridized carbons (Fsp3) is 0.412. The molecule has 0 aromatic heterocycles. The Hall–Kier alpha value is -1.90. The largest absolute Gasteiger partial charge is 0.271 e. The maximum Gasteiger partial charge on any atom is 0.261 e. The minimum atomic E-state index is -0.152. The number of carbonyl (C=O) groups is 2. The molecule has 0 radical (unpaired) electrons. The molecule has 20 heavy (non-hydrogen) atoms. The number of fused-ring (bicyclic) bond motifs is 1. The van der Waals surface area contributed by atoms with Crippen LogP contribution in [0.4, 0.5) is 0 Å². The summed E-state index contributed by atoms with van der Waals surface area (Å²) in [5.74, 6) is -0.303. The van der Waals surface area contributed by atoms with Crippen LogP contribution >= 0.6 is 0 Å². The topological polar surface area (TPSA) is 37.4 Å². The standard InChI is InChI=1S/C17H21NO2/c1-3-5-6-7-10-13(4-2)18-16(19)14-11-8-9-12-15(14)17(18)20/h6-9,11-13H,3-5,10H2,1-2H3/b7-6-/t13-/m1/s1. The first-order valence-corrected chi connectivity index (χ1v) is 7.32. The number of hydrogen-bond acceptors (Lipinski definition) is 2. The van der Waals surface area contributed by atoms with E-state index in [1.807, 2.05) is 6.92 Å². The summed E-state index contributed by atoms with van der Waals surface area (Å²) in [6.07, 6.45) is 7.88. The van der Waals surface area contributed by atoms with E-state index in [1.165, 1.54) is 4.90 Å². The average molecular weight is 271 g/mol. The molecule has 2 amide bonds. The number of allylic oxidation sites excluding steroid dienone is 1. The highest BCUT2D eigenvalue weighted by Crippen LogP contribution is 2.26. The molecule has 0 spiro atoms. The second-order valence-corrected chi connectivity index (χ2v) is 5.08. The molecule has 0 saturated heterocycles. The third-order valence-electron chi connectivity index (χ3n) is 3.69. The Morgan fingerprint density at radius 1 is 1.05 bits per heavy atom.